The van der Waals surface area contributed by atoms with Gasteiger partial charge in [-0.05, 0) is 42.7 Å². The van der Waals surface area contributed by atoms with E-state index < -0.39 is 0 Å². The van der Waals surface area contributed by atoms with Crippen molar-refractivity contribution in [2.45, 2.75) is 32.2 Å². The molecule has 92 valence electrons. The van der Waals surface area contributed by atoms with Crippen LogP contribution in [0.25, 0.3) is 0 Å². The van der Waals surface area contributed by atoms with Crippen LogP contribution < -0.4 is 11.1 Å². The fraction of sp³-hybridized carbons (Fsp3) is 0.545. The summed E-state index contributed by atoms with van der Waals surface area (Å²) in [6.45, 7) is 4.31. The maximum absolute atomic E-state index is 11.4. The zero-order valence-electron chi connectivity index (χ0n) is 9.66. The van der Waals surface area contributed by atoms with Crippen LogP contribution in [-0.4, -0.2) is 18.0 Å². The highest BCUT2D eigenvalue weighted by Crippen LogP contribution is 2.08. The lowest BCUT2D eigenvalue weighted by molar-refractivity contribution is -0.121. The van der Waals surface area contributed by atoms with Crippen LogP contribution in [0.15, 0.2) is 16.8 Å². The molecule has 0 aliphatic carbocycles. The predicted molar refractivity (Wildman–Crippen MR) is 71.2 cm³/mol. The molecule has 1 aromatic heterocycles. The monoisotopic (exact) mass is 262 g/mol. The van der Waals surface area contributed by atoms with Gasteiger partial charge in [-0.1, -0.05) is 0 Å². The average Bonchev–Trinajstić information content (AvgIpc) is 2.62. The third-order valence-electron chi connectivity index (χ3n) is 1.96. The van der Waals surface area contributed by atoms with E-state index in [1.54, 1.807) is 11.3 Å². The van der Waals surface area contributed by atoms with Crippen LogP contribution >= 0.6 is 23.7 Å². The van der Waals surface area contributed by atoms with Crippen molar-refractivity contribution in [2.75, 3.05) is 6.54 Å². The normalized spacial score (nSPS) is 10.7. The Labute approximate surface area is 107 Å². The molecule has 1 rings (SSSR count). The van der Waals surface area contributed by atoms with Gasteiger partial charge in [-0.25, -0.2) is 0 Å². The summed E-state index contributed by atoms with van der Waals surface area (Å²) in [6.07, 6.45) is 1.34. The summed E-state index contributed by atoms with van der Waals surface area (Å²) in [5.74, 6) is 0.0692. The van der Waals surface area contributed by atoms with Gasteiger partial charge in [0, 0.05) is 18.5 Å². The summed E-state index contributed by atoms with van der Waals surface area (Å²) < 4.78 is 0. The number of carbonyl (C=O) groups is 1. The van der Waals surface area contributed by atoms with Crippen molar-refractivity contribution < 1.29 is 4.79 Å². The van der Waals surface area contributed by atoms with Crippen molar-refractivity contribution in [1.82, 2.24) is 5.32 Å². The van der Waals surface area contributed by atoms with Crippen LogP contribution in [0.2, 0.25) is 0 Å². The second-order valence-corrected chi connectivity index (χ2v) is 5.18. The number of amides is 1. The number of halogens is 1. The number of hydrogen-bond acceptors (Lipinski definition) is 3. The lowest BCUT2D eigenvalue weighted by Crippen LogP contribution is -2.45. The highest BCUT2D eigenvalue weighted by Gasteiger charge is 2.11. The Balaban J connectivity index is 0.00000225. The molecule has 1 amide bonds. The molecular weight excluding hydrogens is 244 g/mol. The minimum atomic E-state index is -0.335. The first-order chi connectivity index (χ1) is 6.97. The van der Waals surface area contributed by atoms with Crippen molar-refractivity contribution in [3.8, 4) is 0 Å². The van der Waals surface area contributed by atoms with Crippen molar-refractivity contribution >= 4 is 29.7 Å². The Morgan fingerprint density at radius 3 is 2.75 bits per heavy atom. The van der Waals surface area contributed by atoms with Crippen molar-refractivity contribution in [1.29, 1.82) is 0 Å². The highest BCUT2D eigenvalue weighted by atomic mass is 35.5. The fourth-order valence-corrected chi connectivity index (χ4v) is 1.81. The van der Waals surface area contributed by atoms with Gasteiger partial charge >= 0.3 is 0 Å². The molecule has 0 aromatic carbocycles. The van der Waals surface area contributed by atoms with Crippen LogP contribution in [0.3, 0.4) is 0 Å². The number of hydrogen-bond donors (Lipinski definition) is 2. The molecule has 0 saturated heterocycles. The Hall–Kier alpha value is -0.580. The molecule has 0 bridgehead atoms. The van der Waals surface area contributed by atoms with Gasteiger partial charge in [-0.15, -0.1) is 12.4 Å². The van der Waals surface area contributed by atoms with E-state index in [1.807, 2.05) is 25.3 Å². The molecule has 0 atom stereocenters. The van der Waals surface area contributed by atoms with E-state index in [2.05, 4.69) is 10.7 Å². The molecule has 0 aliphatic rings. The van der Waals surface area contributed by atoms with Gasteiger partial charge in [0.05, 0.1) is 0 Å². The molecule has 0 radical (unpaired) electrons. The zero-order chi connectivity index (χ0) is 11.3. The van der Waals surface area contributed by atoms with Gasteiger partial charge in [0.1, 0.15) is 0 Å². The summed E-state index contributed by atoms with van der Waals surface area (Å²) >= 11 is 1.66. The number of carbonyl (C=O) groups excluding carboxylic acids is 1. The summed E-state index contributed by atoms with van der Waals surface area (Å²) in [5, 5.41) is 6.92. The molecule has 0 spiro atoms. The molecule has 1 heterocycles. The summed E-state index contributed by atoms with van der Waals surface area (Å²) in [5.41, 5.74) is 6.65. The Morgan fingerprint density at radius 2 is 2.25 bits per heavy atom. The number of nitrogens with one attached hydrogen (secondary N) is 1. The fourth-order valence-electron chi connectivity index (χ4n) is 1.11. The lowest BCUT2D eigenvalue weighted by Gasteiger charge is -2.18. The van der Waals surface area contributed by atoms with E-state index in [9.17, 15) is 4.79 Å². The largest absolute Gasteiger partial charge is 0.354 e. The van der Waals surface area contributed by atoms with E-state index in [4.69, 9.17) is 5.73 Å². The first-order valence-electron chi connectivity index (χ1n) is 5.04. The molecule has 0 unspecified atom stereocenters. The topological polar surface area (TPSA) is 55.1 Å². The molecule has 5 heteroatoms. The van der Waals surface area contributed by atoms with Crippen molar-refractivity contribution in [2.24, 2.45) is 5.73 Å². The molecule has 1 aromatic rings. The Bertz CT molecular complexity index is 306. The van der Waals surface area contributed by atoms with E-state index in [0.29, 0.717) is 13.0 Å². The lowest BCUT2D eigenvalue weighted by atomic mass is 10.1. The molecule has 0 saturated carbocycles. The minimum absolute atomic E-state index is 0. The first kappa shape index (κ1) is 15.4. The second kappa shape index (κ2) is 6.89. The summed E-state index contributed by atoms with van der Waals surface area (Å²) in [4.78, 5) is 11.4. The third kappa shape index (κ3) is 6.82. The van der Waals surface area contributed by atoms with Crippen molar-refractivity contribution in [3.05, 3.63) is 22.4 Å². The van der Waals surface area contributed by atoms with Gasteiger partial charge in [-0.2, -0.15) is 11.3 Å². The SMILES string of the molecule is CC(C)(N)CNC(=O)CCc1ccsc1.Cl. The molecule has 3 nitrogen and oxygen atoms in total. The van der Waals surface area contributed by atoms with E-state index >= 15 is 0 Å². The Kier molecular flexibility index (Phi) is 6.64. The quantitative estimate of drug-likeness (QED) is 0.852. The van der Waals surface area contributed by atoms with Crippen LogP contribution in [0.4, 0.5) is 0 Å². The second-order valence-electron chi connectivity index (χ2n) is 4.40. The summed E-state index contributed by atoms with van der Waals surface area (Å²) in [6, 6.07) is 2.05. The van der Waals surface area contributed by atoms with E-state index in [-0.39, 0.29) is 23.9 Å². The first-order valence-corrected chi connectivity index (χ1v) is 5.98. The van der Waals surface area contributed by atoms with E-state index in [0.717, 1.165) is 6.42 Å². The third-order valence-corrected chi connectivity index (χ3v) is 2.69. The van der Waals surface area contributed by atoms with Gasteiger partial charge in [0.15, 0.2) is 0 Å². The number of rotatable bonds is 5. The standard InChI is InChI=1S/C11H18N2OS.ClH/c1-11(2,12)8-13-10(14)4-3-9-5-6-15-7-9;/h5-7H,3-4,8,12H2,1-2H3,(H,13,14);1H. The molecule has 0 aliphatic heterocycles. The van der Waals surface area contributed by atoms with Crippen LogP contribution in [0.1, 0.15) is 25.8 Å². The van der Waals surface area contributed by atoms with Crippen molar-refractivity contribution in [3.63, 3.8) is 0 Å². The Morgan fingerprint density at radius 1 is 1.56 bits per heavy atom. The summed E-state index contributed by atoms with van der Waals surface area (Å²) in [7, 11) is 0. The number of aryl methyl sites for hydroxylation is 1. The van der Waals surface area contributed by atoms with Gasteiger partial charge in [-0.3, -0.25) is 4.79 Å². The number of thiophene rings is 1. The smallest absolute Gasteiger partial charge is 0.220 e. The van der Waals surface area contributed by atoms with Gasteiger partial charge in [0.2, 0.25) is 5.91 Å². The molecule has 3 N–H and O–H groups in total. The highest BCUT2D eigenvalue weighted by molar-refractivity contribution is 7.07. The molecular formula is C11H19ClN2OS. The molecule has 0 fully saturated rings. The van der Waals surface area contributed by atoms with E-state index in [1.165, 1.54) is 5.56 Å². The van der Waals surface area contributed by atoms with Gasteiger partial charge < -0.3 is 11.1 Å². The van der Waals surface area contributed by atoms with Crippen LogP contribution in [-0.2, 0) is 11.2 Å². The van der Waals surface area contributed by atoms with Crippen LogP contribution in [0.5, 0.6) is 0 Å². The molecule has 16 heavy (non-hydrogen) atoms. The maximum atomic E-state index is 11.4. The van der Waals surface area contributed by atoms with Gasteiger partial charge in [0.25, 0.3) is 0 Å². The zero-order valence-corrected chi connectivity index (χ0v) is 11.3. The van der Waals surface area contributed by atoms with Crippen LogP contribution in [0, 0.1) is 0 Å². The maximum Gasteiger partial charge on any atom is 0.220 e. The minimum Gasteiger partial charge on any atom is -0.354 e. The predicted octanol–water partition coefficient (Wildman–Crippen LogP) is 1.96. The average molecular weight is 263 g/mol. The number of nitrogens with two attached hydrogens (primary N) is 1.